The van der Waals surface area contributed by atoms with E-state index in [1.807, 2.05) is 42.1 Å². The molecule has 0 spiro atoms. The minimum absolute atomic E-state index is 0.109. The summed E-state index contributed by atoms with van der Waals surface area (Å²) in [5.41, 5.74) is 5.47. The van der Waals surface area contributed by atoms with Gasteiger partial charge in [0.15, 0.2) is 0 Å². The minimum Gasteiger partial charge on any atom is -0.369 e. The molecule has 7 nitrogen and oxygen atoms in total. The summed E-state index contributed by atoms with van der Waals surface area (Å²) in [6.07, 6.45) is 7.19. The van der Waals surface area contributed by atoms with E-state index in [1.54, 1.807) is 0 Å². The van der Waals surface area contributed by atoms with Gasteiger partial charge >= 0.3 is 0 Å². The topological polar surface area (TPSA) is 113 Å². The number of rotatable bonds is 9. The van der Waals surface area contributed by atoms with Crippen molar-refractivity contribution in [2.24, 2.45) is 23.0 Å². The first kappa shape index (κ1) is 26.0. The highest BCUT2D eigenvalue weighted by atomic mass is 32.2. The lowest BCUT2D eigenvalue weighted by Crippen LogP contribution is -2.58. The molecule has 8 heteroatoms. The van der Waals surface area contributed by atoms with Crippen LogP contribution in [0.5, 0.6) is 0 Å². The van der Waals surface area contributed by atoms with Gasteiger partial charge in [0.25, 0.3) is 0 Å². The zero-order valence-electron chi connectivity index (χ0n) is 20.6. The Morgan fingerprint density at radius 2 is 1.60 bits per heavy atom. The second kappa shape index (κ2) is 12.3. The Balaban J connectivity index is 1.54. The van der Waals surface area contributed by atoms with Gasteiger partial charge in [0.05, 0.1) is 0 Å². The number of nitrogens with one attached hydrogen (secondary N) is 3. The first-order valence-electron chi connectivity index (χ1n) is 13.2. The summed E-state index contributed by atoms with van der Waals surface area (Å²) in [6.45, 7) is 1.95. The highest BCUT2D eigenvalue weighted by molar-refractivity contribution is 7.99. The molecule has 0 bridgehead atoms. The molecule has 2 atom stereocenters. The molecule has 4 rings (SSSR count). The van der Waals surface area contributed by atoms with E-state index < -0.39 is 23.3 Å². The molecule has 0 aromatic heterocycles. The molecule has 0 radical (unpaired) electrons. The van der Waals surface area contributed by atoms with Crippen molar-refractivity contribution < 1.29 is 14.4 Å². The Hall–Kier alpha value is -2.06. The third kappa shape index (κ3) is 6.39. The lowest BCUT2D eigenvalue weighted by atomic mass is 9.79. The second-order valence-corrected chi connectivity index (χ2v) is 11.7. The van der Waals surface area contributed by atoms with Crippen LogP contribution in [0, 0.1) is 17.3 Å². The summed E-state index contributed by atoms with van der Waals surface area (Å²) in [5.74, 6) is 2.03. The molecule has 1 saturated carbocycles. The van der Waals surface area contributed by atoms with Crippen LogP contribution in [0.15, 0.2) is 30.3 Å². The highest BCUT2D eigenvalue weighted by Gasteiger charge is 2.47. The van der Waals surface area contributed by atoms with Crippen molar-refractivity contribution in [2.75, 3.05) is 24.6 Å². The van der Waals surface area contributed by atoms with E-state index in [0.717, 1.165) is 68.7 Å². The maximum Gasteiger partial charge on any atom is 0.243 e. The second-order valence-electron chi connectivity index (χ2n) is 10.4. The average Bonchev–Trinajstić information content (AvgIpc) is 3.40. The number of primary amides is 1. The van der Waals surface area contributed by atoms with Gasteiger partial charge in [-0.05, 0) is 80.5 Å². The van der Waals surface area contributed by atoms with E-state index in [2.05, 4.69) is 16.0 Å². The predicted octanol–water partition coefficient (Wildman–Crippen LogP) is 2.39. The van der Waals surface area contributed by atoms with Gasteiger partial charge in [-0.1, -0.05) is 43.2 Å². The van der Waals surface area contributed by atoms with E-state index in [0.29, 0.717) is 31.1 Å². The molecular weight excluding hydrogens is 460 g/mol. The first-order valence-corrected chi connectivity index (χ1v) is 14.4. The van der Waals surface area contributed by atoms with Crippen molar-refractivity contribution in [1.82, 2.24) is 16.0 Å². The van der Waals surface area contributed by atoms with Gasteiger partial charge in [0.1, 0.15) is 11.5 Å². The van der Waals surface area contributed by atoms with Gasteiger partial charge in [-0.3, -0.25) is 14.4 Å². The van der Waals surface area contributed by atoms with Crippen LogP contribution >= 0.6 is 11.8 Å². The molecule has 1 unspecified atom stereocenters. The van der Waals surface area contributed by atoms with E-state index >= 15 is 0 Å². The Bertz CT molecular complexity index is 844. The fourth-order valence-electron chi connectivity index (χ4n) is 6.08. The number of piperidine rings is 1. The monoisotopic (exact) mass is 500 g/mol. The largest absolute Gasteiger partial charge is 0.369 e. The molecule has 2 heterocycles. The first-order chi connectivity index (χ1) is 17.0. The summed E-state index contributed by atoms with van der Waals surface area (Å²) < 4.78 is 0. The van der Waals surface area contributed by atoms with Gasteiger partial charge < -0.3 is 21.7 Å². The zero-order chi connectivity index (χ0) is 24.7. The van der Waals surface area contributed by atoms with Gasteiger partial charge in [-0.15, -0.1) is 0 Å². The molecule has 1 aromatic carbocycles. The lowest BCUT2D eigenvalue weighted by molar-refractivity contribution is -0.143. The molecule has 3 amide bonds. The van der Waals surface area contributed by atoms with Crippen molar-refractivity contribution in [1.29, 1.82) is 0 Å². The average molecular weight is 501 g/mol. The van der Waals surface area contributed by atoms with Crippen LogP contribution in [0.25, 0.3) is 0 Å². The van der Waals surface area contributed by atoms with E-state index in [9.17, 15) is 14.4 Å². The Morgan fingerprint density at radius 3 is 2.23 bits per heavy atom. The summed E-state index contributed by atoms with van der Waals surface area (Å²) in [7, 11) is 0. The molecule has 1 aromatic rings. The number of nitrogens with two attached hydrogens (primary N) is 1. The molecule has 2 aliphatic heterocycles. The van der Waals surface area contributed by atoms with Gasteiger partial charge in [-0.25, -0.2) is 0 Å². The van der Waals surface area contributed by atoms with Crippen LogP contribution in [0.4, 0.5) is 0 Å². The minimum atomic E-state index is -1.20. The predicted molar refractivity (Wildman–Crippen MR) is 140 cm³/mol. The van der Waals surface area contributed by atoms with Crippen LogP contribution in [0.2, 0.25) is 0 Å². The van der Waals surface area contributed by atoms with Crippen LogP contribution in [0.1, 0.15) is 56.9 Å². The number of hydrogen-bond acceptors (Lipinski definition) is 5. The van der Waals surface area contributed by atoms with E-state index in [-0.39, 0.29) is 11.9 Å². The van der Waals surface area contributed by atoms with E-state index in [1.165, 1.54) is 0 Å². The highest BCUT2D eigenvalue weighted by Crippen LogP contribution is 2.38. The van der Waals surface area contributed by atoms with Crippen LogP contribution < -0.4 is 21.7 Å². The SMILES string of the molecule is NC(=O)C1(C(=O)N[C@H](Cc2ccccc2)C(=O)NC(C2CCNCC2)C2CCSCC2)CCCC1. The summed E-state index contributed by atoms with van der Waals surface area (Å²) >= 11 is 1.99. The van der Waals surface area contributed by atoms with Crippen molar-refractivity contribution in [3.05, 3.63) is 35.9 Å². The number of carbonyl (C=O) groups excluding carboxylic acids is 3. The number of thioether (sulfide) groups is 1. The number of amides is 3. The maximum atomic E-state index is 13.8. The molecule has 192 valence electrons. The smallest absolute Gasteiger partial charge is 0.243 e. The van der Waals surface area contributed by atoms with Crippen molar-refractivity contribution in [3.8, 4) is 0 Å². The van der Waals surface area contributed by atoms with Gasteiger partial charge in [-0.2, -0.15) is 11.8 Å². The molecular formula is C27H40N4O3S. The third-order valence-electron chi connectivity index (χ3n) is 8.24. The molecule has 3 aliphatic rings. The molecule has 3 fully saturated rings. The van der Waals surface area contributed by atoms with Crippen LogP contribution in [-0.4, -0.2) is 54.4 Å². The summed E-state index contributed by atoms with van der Waals surface area (Å²) in [4.78, 5) is 39.5. The normalized spacial score (nSPS) is 22.7. The number of benzene rings is 1. The lowest BCUT2D eigenvalue weighted by Gasteiger charge is -2.39. The molecule has 2 saturated heterocycles. The van der Waals surface area contributed by atoms with Crippen molar-refractivity contribution in [2.45, 2.75) is 69.9 Å². The summed E-state index contributed by atoms with van der Waals surface area (Å²) in [5, 5.41) is 9.82. The molecule has 1 aliphatic carbocycles. The van der Waals surface area contributed by atoms with Crippen LogP contribution in [0.3, 0.4) is 0 Å². The van der Waals surface area contributed by atoms with Crippen molar-refractivity contribution >= 4 is 29.5 Å². The fraction of sp³-hybridized carbons (Fsp3) is 0.667. The molecule has 5 N–H and O–H groups in total. The quantitative estimate of drug-likeness (QED) is 0.389. The van der Waals surface area contributed by atoms with Gasteiger partial charge in [0.2, 0.25) is 17.7 Å². The van der Waals surface area contributed by atoms with Gasteiger partial charge in [0, 0.05) is 12.5 Å². The van der Waals surface area contributed by atoms with Crippen molar-refractivity contribution in [3.63, 3.8) is 0 Å². The Morgan fingerprint density at radius 1 is 0.971 bits per heavy atom. The third-order valence-corrected chi connectivity index (χ3v) is 9.29. The number of hydrogen-bond donors (Lipinski definition) is 4. The Labute approximate surface area is 213 Å². The molecule has 35 heavy (non-hydrogen) atoms. The standard InChI is InChI=1S/C27H40N4O3S/c28-25(33)27(12-4-5-13-27)26(34)30-22(18-19-6-2-1-3-7-19)24(32)31-23(20-8-14-29-15-9-20)21-10-16-35-17-11-21/h1-3,6-7,20-23,29H,4-5,8-18H2,(H2,28,33)(H,30,34)(H,31,32)/t22-,23?/m1/s1. The zero-order valence-corrected chi connectivity index (χ0v) is 21.4. The Kier molecular flexibility index (Phi) is 9.11. The van der Waals surface area contributed by atoms with E-state index in [4.69, 9.17) is 5.73 Å². The van der Waals surface area contributed by atoms with Crippen LogP contribution in [-0.2, 0) is 20.8 Å². The number of carbonyl (C=O) groups is 3. The fourth-order valence-corrected chi connectivity index (χ4v) is 7.23. The maximum absolute atomic E-state index is 13.8. The summed E-state index contributed by atoms with van der Waals surface area (Å²) in [6, 6.07) is 9.10.